The van der Waals surface area contributed by atoms with E-state index in [2.05, 4.69) is 13.2 Å². The van der Waals surface area contributed by atoms with Crippen LogP contribution in [0.5, 0.6) is 11.5 Å². The van der Waals surface area contributed by atoms with E-state index in [9.17, 15) is 33.6 Å². The van der Waals surface area contributed by atoms with Gasteiger partial charge in [-0.1, -0.05) is 13.2 Å². The van der Waals surface area contributed by atoms with Crippen molar-refractivity contribution in [2.24, 2.45) is 23.7 Å². The average Bonchev–Trinajstić information content (AvgIpc) is 3.14. The number of esters is 6. The summed E-state index contributed by atoms with van der Waals surface area (Å²) in [5.74, 6) is -3.94. The van der Waals surface area contributed by atoms with Gasteiger partial charge in [0.2, 0.25) is 0 Å². The van der Waals surface area contributed by atoms with Crippen LogP contribution in [0.3, 0.4) is 0 Å². The van der Waals surface area contributed by atoms with Crippen LogP contribution in [0, 0.1) is 23.7 Å². The molecule has 0 heterocycles. The molecular weight excluding hydrogens is 652 g/mol. The summed E-state index contributed by atoms with van der Waals surface area (Å²) in [6.07, 6.45) is 8.53. The number of unbranched alkanes of at least 4 members (excludes halogenated alkanes) is 2. The Morgan fingerprint density at radius 2 is 0.940 bits per heavy atom. The van der Waals surface area contributed by atoms with Gasteiger partial charge >= 0.3 is 35.8 Å². The molecule has 0 bridgehead atoms. The summed E-state index contributed by atoms with van der Waals surface area (Å²) in [6.45, 7) is 7.52. The fraction of sp³-hybridized carbons (Fsp3) is 0.541. The molecule has 0 N–H and O–H groups in total. The average molecular weight is 699 g/mol. The van der Waals surface area contributed by atoms with Crippen molar-refractivity contribution in [2.75, 3.05) is 26.4 Å². The van der Waals surface area contributed by atoms with Crippen LogP contribution in [0.4, 0.5) is 0 Å². The summed E-state index contributed by atoms with van der Waals surface area (Å²) in [5, 5.41) is 0. The van der Waals surface area contributed by atoms with Crippen LogP contribution in [-0.2, 0) is 47.7 Å². The summed E-state index contributed by atoms with van der Waals surface area (Å²) < 4.78 is 31.5. The third-order valence-electron chi connectivity index (χ3n) is 8.71. The van der Waals surface area contributed by atoms with E-state index in [0.29, 0.717) is 83.3 Å². The van der Waals surface area contributed by atoms with Gasteiger partial charge in [-0.15, -0.1) is 0 Å². The second-order valence-electron chi connectivity index (χ2n) is 12.2. The lowest BCUT2D eigenvalue weighted by Gasteiger charge is -2.26. The number of hydrogen-bond donors (Lipinski definition) is 0. The van der Waals surface area contributed by atoms with Crippen LogP contribution in [-0.4, -0.2) is 68.5 Å². The quantitative estimate of drug-likeness (QED) is 0.0470. The highest BCUT2D eigenvalue weighted by Gasteiger charge is 2.33. The van der Waals surface area contributed by atoms with Crippen molar-refractivity contribution < 1.29 is 62.0 Å². The SMILES string of the molecule is C=CC(=O)OCCCCOC(=O)C1CCC(C(=O)Oc2ccc(OC(=O)C3CCC(C(=O)OCCCCOC(=O)C=C)CC3)c(C=O)c2)CC1. The molecule has 1 aromatic rings. The topological polar surface area (TPSA) is 175 Å². The lowest BCUT2D eigenvalue weighted by Crippen LogP contribution is -2.30. The molecule has 50 heavy (non-hydrogen) atoms. The Morgan fingerprint density at radius 3 is 1.34 bits per heavy atom. The van der Waals surface area contributed by atoms with Gasteiger partial charge in [-0.25, -0.2) is 9.59 Å². The van der Waals surface area contributed by atoms with E-state index in [1.165, 1.54) is 18.2 Å². The third-order valence-corrected chi connectivity index (χ3v) is 8.71. The summed E-state index contributed by atoms with van der Waals surface area (Å²) in [4.78, 5) is 84.5. The van der Waals surface area contributed by atoms with Crippen molar-refractivity contribution >= 4 is 42.1 Å². The minimum Gasteiger partial charge on any atom is -0.465 e. The number of ether oxygens (including phenoxy) is 6. The Morgan fingerprint density at radius 1 is 0.560 bits per heavy atom. The van der Waals surface area contributed by atoms with Crippen molar-refractivity contribution in [1.29, 1.82) is 0 Å². The first kappa shape index (κ1) is 39.6. The van der Waals surface area contributed by atoms with Crippen LogP contribution in [0.2, 0.25) is 0 Å². The molecule has 2 aliphatic carbocycles. The number of aldehydes is 1. The Bertz CT molecular complexity index is 1370. The first-order chi connectivity index (χ1) is 24.1. The normalized spacial score (nSPS) is 19.9. The fourth-order valence-electron chi connectivity index (χ4n) is 5.75. The van der Waals surface area contributed by atoms with E-state index in [1.807, 2.05) is 0 Å². The highest BCUT2D eigenvalue weighted by Crippen LogP contribution is 2.33. The summed E-state index contributed by atoms with van der Waals surface area (Å²) in [5.41, 5.74) is 0.0468. The maximum atomic E-state index is 12.9. The van der Waals surface area contributed by atoms with Crippen LogP contribution >= 0.6 is 0 Å². The molecule has 0 spiro atoms. The second-order valence-corrected chi connectivity index (χ2v) is 12.2. The zero-order valence-electron chi connectivity index (χ0n) is 28.3. The smallest absolute Gasteiger partial charge is 0.330 e. The third kappa shape index (κ3) is 13.2. The molecule has 0 unspecified atom stereocenters. The molecule has 0 atom stereocenters. The summed E-state index contributed by atoms with van der Waals surface area (Å²) in [7, 11) is 0. The molecule has 2 saturated carbocycles. The van der Waals surface area contributed by atoms with Crippen LogP contribution in [0.1, 0.15) is 87.4 Å². The minimum atomic E-state index is -0.511. The molecule has 0 radical (unpaired) electrons. The molecule has 1 aromatic carbocycles. The van der Waals surface area contributed by atoms with Crippen molar-refractivity contribution in [1.82, 2.24) is 0 Å². The number of carbonyl (C=O) groups excluding carboxylic acids is 7. The molecule has 13 nitrogen and oxygen atoms in total. The van der Waals surface area contributed by atoms with Crippen molar-refractivity contribution in [3.63, 3.8) is 0 Å². The van der Waals surface area contributed by atoms with E-state index >= 15 is 0 Å². The van der Waals surface area contributed by atoms with Gasteiger partial charge in [-0.2, -0.15) is 0 Å². The highest BCUT2D eigenvalue weighted by molar-refractivity contribution is 5.85. The van der Waals surface area contributed by atoms with Crippen LogP contribution < -0.4 is 9.47 Å². The van der Waals surface area contributed by atoms with Gasteiger partial charge in [-0.3, -0.25) is 24.0 Å². The van der Waals surface area contributed by atoms with Gasteiger partial charge < -0.3 is 28.4 Å². The molecule has 272 valence electrons. The van der Waals surface area contributed by atoms with Crippen molar-refractivity contribution in [3.05, 3.63) is 49.1 Å². The lowest BCUT2D eigenvalue weighted by molar-refractivity contribution is -0.152. The number of carbonyl (C=O) groups is 7. The first-order valence-electron chi connectivity index (χ1n) is 17.1. The molecule has 2 fully saturated rings. The van der Waals surface area contributed by atoms with Gasteiger partial charge in [0, 0.05) is 12.2 Å². The fourth-order valence-corrected chi connectivity index (χ4v) is 5.75. The number of rotatable bonds is 19. The lowest BCUT2D eigenvalue weighted by atomic mass is 9.82. The second kappa shape index (κ2) is 21.3. The molecule has 0 aromatic heterocycles. The Labute approximate surface area is 291 Å². The van der Waals surface area contributed by atoms with Crippen LogP contribution in [0.25, 0.3) is 0 Å². The monoisotopic (exact) mass is 698 g/mol. The standard InChI is InChI=1S/C37H46O13/c1-3-32(39)45-19-5-7-21-47-34(41)25-9-13-27(14-10-25)36(43)49-30-17-18-31(29(23-30)24-38)50-37(44)28-15-11-26(12-16-28)35(42)48-22-8-6-20-46-33(40)4-2/h3-4,17-18,23-28H,1-2,5-16,19-22H2. The van der Waals surface area contributed by atoms with E-state index in [-0.39, 0.29) is 67.3 Å². The van der Waals surface area contributed by atoms with Crippen molar-refractivity contribution in [2.45, 2.75) is 77.0 Å². The van der Waals surface area contributed by atoms with Gasteiger partial charge in [0.15, 0.2) is 6.29 Å². The van der Waals surface area contributed by atoms with Crippen LogP contribution in [0.15, 0.2) is 43.5 Å². The zero-order valence-corrected chi connectivity index (χ0v) is 28.3. The van der Waals surface area contributed by atoms with Gasteiger partial charge in [0.25, 0.3) is 0 Å². The number of hydrogen-bond acceptors (Lipinski definition) is 13. The maximum Gasteiger partial charge on any atom is 0.330 e. The predicted molar refractivity (Wildman–Crippen MR) is 177 cm³/mol. The Kier molecular flexibility index (Phi) is 16.9. The predicted octanol–water partition coefficient (Wildman–Crippen LogP) is 5.03. The Balaban J connectivity index is 1.36. The van der Waals surface area contributed by atoms with E-state index in [0.717, 1.165) is 12.2 Å². The Hall–Kier alpha value is -4.81. The molecule has 2 aliphatic rings. The van der Waals surface area contributed by atoms with E-state index in [4.69, 9.17) is 28.4 Å². The molecule has 13 heteroatoms. The molecule has 0 aliphatic heterocycles. The largest absolute Gasteiger partial charge is 0.465 e. The molecule has 0 saturated heterocycles. The maximum absolute atomic E-state index is 12.9. The van der Waals surface area contributed by atoms with Gasteiger partial charge in [0.05, 0.1) is 55.7 Å². The van der Waals surface area contributed by atoms with Gasteiger partial charge in [-0.05, 0) is 95.2 Å². The minimum absolute atomic E-state index is 0.0434. The number of benzene rings is 1. The molecule has 3 rings (SSSR count). The van der Waals surface area contributed by atoms with Gasteiger partial charge in [0.1, 0.15) is 11.5 Å². The highest BCUT2D eigenvalue weighted by atomic mass is 16.6. The zero-order chi connectivity index (χ0) is 36.3. The first-order valence-corrected chi connectivity index (χ1v) is 17.1. The molecular formula is C37H46O13. The summed E-state index contributed by atoms with van der Waals surface area (Å²) in [6, 6.07) is 4.19. The van der Waals surface area contributed by atoms with E-state index < -0.39 is 35.7 Å². The van der Waals surface area contributed by atoms with Crippen molar-refractivity contribution in [3.8, 4) is 11.5 Å². The molecule has 0 amide bonds. The summed E-state index contributed by atoms with van der Waals surface area (Å²) >= 11 is 0. The van der Waals surface area contributed by atoms with E-state index in [1.54, 1.807) is 0 Å².